The molecule has 180 valence electrons. The number of benzene rings is 2. The predicted octanol–water partition coefficient (Wildman–Crippen LogP) is 2.94. The summed E-state index contributed by atoms with van der Waals surface area (Å²) in [6, 6.07) is 16.1. The smallest absolute Gasteiger partial charge is 0.251 e. The Morgan fingerprint density at radius 3 is 2.68 bits per heavy atom. The van der Waals surface area contributed by atoms with E-state index in [4.69, 9.17) is 4.74 Å². The van der Waals surface area contributed by atoms with Crippen LogP contribution in [-0.4, -0.2) is 43.4 Å². The Balaban J connectivity index is 1.40. The molecular weight excluding hydrogens is 452 g/mol. The predicted molar refractivity (Wildman–Crippen MR) is 129 cm³/mol. The van der Waals surface area contributed by atoms with Gasteiger partial charge in [0, 0.05) is 36.5 Å². The van der Waals surface area contributed by atoms with E-state index in [-0.39, 0.29) is 29.0 Å². The van der Waals surface area contributed by atoms with Crippen molar-refractivity contribution in [1.29, 1.82) is 0 Å². The normalized spacial score (nSPS) is 16.0. The Kier molecular flexibility index (Phi) is 7.45. The number of nitrogens with zero attached hydrogens (tertiary/aromatic N) is 2. The van der Waals surface area contributed by atoms with E-state index in [9.17, 15) is 13.2 Å². The minimum atomic E-state index is -3.73. The monoisotopic (exact) mass is 482 g/mol. The minimum absolute atomic E-state index is 0.0567. The number of carbonyl (C=O) groups excluding carboxylic acids is 1. The number of ether oxygens (including phenoxy) is 1. The molecule has 4 rings (SSSR count). The zero-order valence-corrected chi connectivity index (χ0v) is 20.3. The molecule has 0 spiro atoms. The van der Waals surface area contributed by atoms with Crippen molar-refractivity contribution in [3.63, 3.8) is 0 Å². The van der Waals surface area contributed by atoms with Gasteiger partial charge in [-0.05, 0) is 50.5 Å². The third-order valence-electron chi connectivity index (χ3n) is 6.06. The highest BCUT2D eigenvalue weighted by atomic mass is 32.2. The number of hydrogen-bond donors (Lipinski definition) is 2. The molecular formula is C25H30N4O4S. The van der Waals surface area contributed by atoms with Gasteiger partial charge in [-0.1, -0.05) is 36.4 Å². The van der Waals surface area contributed by atoms with Crippen molar-refractivity contribution >= 4 is 15.9 Å². The Hall–Kier alpha value is -3.01. The molecule has 1 aliphatic heterocycles. The summed E-state index contributed by atoms with van der Waals surface area (Å²) < 4.78 is 35.3. The second kappa shape index (κ2) is 10.5. The van der Waals surface area contributed by atoms with Crippen LogP contribution in [0.1, 0.15) is 45.7 Å². The molecule has 1 atom stereocenters. The molecule has 2 heterocycles. The van der Waals surface area contributed by atoms with Crippen LogP contribution in [0.4, 0.5) is 0 Å². The summed E-state index contributed by atoms with van der Waals surface area (Å²) in [5.41, 5.74) is 4.22. The van der Waals surface area contributed by atoms with Crippen LogP contribution in [0, 0.1) is 13.8 Å². The average Bonchev–Trinajstić information content (AvgIpc) is 3.45. The maximum Gasteiger partial charge on any atom is 0.251 e. The van der Waals surface area contributed by atoms with E-state index in [0.717, 1.165) is 35.4 Å². The number of amides is 1. The summed E-state index contributed by atoms with van der Waals surface area (Å²) in [5, 5.41) is 7.53. The maximum atomic E-state index is 12.8. The summed E-state index contributed by atoms with van der Waals surface area (Å²) in [4.78, 5) is 12.9. The maximum absolute atomic E-state index is 12.8. The van der Waals surface area contributed by atoms with E-state index in [1.807, 2.05) is 36.7 Å². The standard InChI is InChI=1S/C25H30N4O4S/c1-18-24(19(2)29(28-18)17-20-8-4-3-5-9-20)16-26-25(30)21-10-6-12-23(14-21)34(31,32)27-15-22-11-7-13-33-22/h3-6,8-10,12,14,22,27H,7,11,13,15-17H2,1-2H3,(H,26,30)/t22-/m0/s1. The van der Waals surface area contributed by atoms with Crippen molar-refractivity contribution in [2.75, 3.05) is 13.2 Å². The van der Waals surface area contributed by atoms with Gasteiger partial charge in [-0.15, -0.1) is 0 Å². The van der Waals surface area contributed by atoms with E-state index in [1.165, 1.54) is 12.1 Å². The molecule has 9 heteroatoms. The lowest BCUT2D eigenvalue weighted by atomic mass is 10.1. The van der Waals surface area contributed by atoms with Crippen molar-refractivity contribution in [2.45, 2.75) is 50.8 Å². The summed E-state index contributed by atoms with van der Waals surface area (Å²) in [6.07, 6.45) is 1.67. The van der Waals surface area contributed by atoms with Crippen LogP contribution < -0.4 is 10.0 Å². The average molecular weight is 483 g/mol. The van der Waals surface area contributed by atoms with Crippen LogP contribution in [0.15, 0.2) is 59.5 Å². The highest BCUT2D eigenvalue weighted by Gasteiger charge is 2.21. The summed E-state index contributed by atoms with van der Waals surface area (Å²) in [5.74, 6) is -0.342. The first-order valence-electron chi connectivity index (χ1n) is 11.4. The molecule has 0 aliphatic carbocycles. The minimum Gasteiger partial charge on any atom is -0.377 e. The Bertz CT molecular complexity index is 1250. The fraction of sp³-hybridized carbons (Fsp3) is 0.360. The molecule has 3 aromatic rings. The molecule has 0 bridgehead atoms. The Labute approximate surface area is 200 Å². The molecule has 1 aliphatic rings. The summed E-state index contributed by atoms with van der Waals surface area (Å²) in [6.45, 7) is 5.75. The van der Waals surface area contributed by atoms with Gasteiger partial charge in [0.1, 0.15) is 0 Å². The molecule has 0 unspecified atom stereocenters. The van der Waals surface area contributed by atoms with Crippen molar-refractivity contribution < 1.29 is 17.9 Å². The van der Waals surface area contributed by atoms with Gasteiger partial charge in [-0.3, -0.25) is 9.48 Å². The topological polar surface area (TPSA) is 102 Å². The molecule has 2 N–H and O–H groups in total. The molecule has 1 aromatic heterocycles. The number of aryl methyl sites for hydroxylation is 1. The lowest BCUT2D eigenvalue weighted by Crippen LogP contribution is -2.32. The van der Waals surface area contributed by atoms with Crippen molar-refractivity contribution in [3.8, 4) is 0 Å². The quantitative estimate of drug-likeness (QED) is 0.488. The van der Waals surface area contributed by atoms with Crippen LogP contribution in [0.2, 0.25) is 0 Å². The molecule has 1 amide bonds. The Morgan fingerprint density at radius 2 is 1.94 bits per heavy atom. The molecule has 1 saturated heterocycles. The van der Waals surface area contributed by atoms with Crippen molar-refractivity contribution in [3.05, 3.63) is 82.7 Å². The molecule has 1 fully saturated rings. The first kappa shape index (κ1) is 24.1. The number of sulfonamides is 1. The first-order valence-corrected chi connectivity index (χ1v) is 12.9. The number of carbonyl (C=O) groups is 1. The summed E-state index contributed by atoms with van der Waals surface area (Å²) in [7, 11) is -3.73. The van der Waals surface area contributed by atoms with Crippen molar-refractivity contribution in [2.24, 2.45) is 0 Å². The van der Waals surface area contributed by atoms with Crippen molar-refractivity contribution in [1.82, 2.24) is 19.8 Å². The van der Waals surface area contributed by atoms with Crippen LogP contribution in [0.3, 0.4) is 0 Å². The second-order valence-corrected chi connectivity index (χ2v) is 10.3. The second-order valence-electron chi connectivity index (χ2n) is 8.49. The molecule has 0 radical (unpaired) electrons. The zero-order valence-electron chi connectivity index (χ0n) is 19.5. The number of rotatable bonds is 9. The van der Waals surface area contributed by atoms with E-state index in [0.29, 0.717) is 19.7 Å². The SMILES string of the molecule is Cc1nn(Cc2ccccc2)c(C)c1CNC(=O)c1cccc(S(=O)(=O)NC[C@@H]2CCCO2)c1. The van der Waals surface area contributed by atoms with Gasteiger partial charge in [-0.2, -0.15) is 5.10 Å². The third-order valence-corrected chi connectivity index (χ3v) is 7.49. The van der Waals surface area contributed by atoms with E-state index >= 15 is 0 Å². The van der Waals surface area contributed by atoms with Gasteiger partial charge in [0.25, 0.3) is 5.91 Å². The Morgan fingerprint density at radius 1 is 1.15 bits per heavy atom. The fourth-order valence-electron chi connectivity index (χ4n) is 4.07. The highest BCUT2D eigenvalue weighted by Crippen LogP contribution is 2.17. The van der Waals surface area contributed by atoms with Crippen LogP contribution >= 0.6 is 0 Å². The van der Waals surface area contributed by atoms with Crippen LogP contribution in [-0.2, 0) is 27.8 Å². The number of aromatic nitrogens is 2. The molecule has 34 heavy (non-hydrogen) atoms. The number of nitrogens with one attached hydrogen (secondary N) is 2. The van der Waals surface area contributed by atoms with Gasteiger partial charge in [-0.25, -0.2) is 13.1 Å². The fourth-order valence-corrected chi connectivity index (χ4v) is 5.18. The van der Waals surface area contributed by atoms with Crippen LogP contribution in [0.25, 0.3) is 0 Å². The van der Waals surface area contributed by atoms with Crippen LogP contribution in [0.5, 0.6) is 0 Å². The van der Waals surface area contributed by atoms with Gasteiger partial charge < -0.3 is 10.1 Å². The zero-order chi connectivity index (χ0) is 24.1. The van der Waals surface area contributed by atoms with E-state index < -0.39 is 10.0 Å². The highest BCUT2D eigenvalue weighted by molar-refractivity contribution is 7.89. The lowest BCUT2D eigenvalue weighted by molar-refractivity contribution is 0.0950. The molecule has 2 aromatic carbocycles. The summed E-state index contributed by atoms with van der Waals surface area (Å²) >= 11 is 0. The first-order chi connectivity index (χ1) is 16.3. The van der Waals surface area contributed by atoms with Gasteiger partial charge in [0.15, 0.2) is 0 Å². The van der Waals surface area contributed by atoms with E-state index in [1.54, 1.807) is 12.1 Å². The van der Waals surface area contributed by atoms with Gasteiger partial charge in [0.05, 0.1) is 23.2 Å². The number of hydrogen-bond acceptors (Lipinski definition) is 5. The van der Waals surface area contributed by atoms with Gasteiger partial charge in [0.2, 0.25) is 10.0 Å². The lowest BCUT2D eigenvalue weighted by Gasteiger charge is -2.12. The van der Waals surface area contributed by atoms with E-state index in [2.05, 4.69) is 27.3 Å². The molecule has 0 saturated carbocycles. The van der Waals surface area contributed by atoms with Gasteiger partial charge >= 0.3 is 0 Å². The molecule has 8 nitrogen and oxygen atoms in total. The third kappa shape index (κ3) is 5.72. The largest absolute Gasteiger partial charge is 0.377 e.